The number of para-hydroxylation sites is 1. The van der Waals surface area contributed by atoms with Gasteiger partial charge in [-0.1, -0.05) is 67.1 Å². The van der Waals surface area contributed by atoms with E-state index in [-0.39, 0.29) is 24.3 Å². The number of carboxylic acid groups (broad SMARTS) is 1. The number of allylic oxidation sites excluding steroid dienone is 1. The molecule has 226 valence electrons. The van der Waals surface area contributed by atoms with Gasteiger partial charge in [0.1, 0.15) is 18.1 Å². The fraction of sp³-hybridized carbons (Fsp3) is 0.235. The van der Waals surface area contributed by atoms with Crippen molar-refractivity contribution in [2.24, 2.45) is 4.99 Å². The second-order valence-corrected chi connectivity index (χ2v) is 11.0. The number of hydrogen-bond acceptors (Lipinski definition) is 8. The maximum Gasteiger partial charge on any atom is 0.338 e. The van der Waals surface area contributed by atoms with Gasteiger partial charge < -0.3 is 19.3 Å². The average molecular weight is 613 g/mol. The zero-order chi connectivity index (χ0) is 31.2. The number of nitrogens with zero attached hydrogens (tertiary/aromatic N) is 2. The number of esters is 1. The van der Waals surface area contributed by atoms with Crippen LogP contribution in [0, 0.1) is 0 Å². The molecule has 9 nitrogen and oxygen atoms in total. The Kier molecular flexibility index (Phi) is 9.40. The highest BCUT2D eigenvalue weighted by Gasteiger charge is 2.34. The van der Waals surface area contributed by atoms with Crippen LogP contribution in [0.4, 0.5) is 0 Å². The minimum absolute atomic E-state index is 0.192. The van der Waals surface area contributed by atoms with Crippen LogP contribution < -0.4 is 24.4 Å². The van der Waals surface area contributed by atoms with Gasteiger partial charge in [-0.3, -0.25) is 9.36 Å². The fourth-order valence-corrected chi connectivity index (χ4v) is 6.04. The molecule has 5 rings (SSSR count). The number of fused-ring (bicyclic) bond motifs is 1. The van der Waals surface area contributed by atoms with Crippen molar-refractivity contribution in [2.75, 3.05) is 13.7 Å². The Labute approximate surface area is 258 Å². The molecule has 1 N–H and O–H groups in total. The summed E-state index contributed by atoms with van der Waals surface area (Å²) in [7, 11) is 1.57. The maximum atomic E-state index is 14.1. The molecule has 4 aromatic rings. The number of rotatable bonds is 11. The Hall–Kier alpha value is -4.96. The number of carbonyl (C=O) groups is 2. The van der Waals surface area contributed by atoms with Crippen LogP contribution in [0.25, 0.3) is 6.08 Å². The molecular weight excluding hydrogens is 580 g/mol. The van der Waals surface area contributed by atoms with E-state index >= 15 is 0 Å². The summed E-state index contributed by atoms with van der Waals surface area (Å²) in [6.07, 6.45) is 3.07. The van der Waals surface area contributed by atoms with E-state index in [1.54, 1.807) is 36.8 Å². The molecule has 0 radical (unpaired) electrons. The third kappa shape index (κ3) is 6.35. The molecule has 1 aromatic heterocycles. The number of carboxylic acids is 1. The summed E-state index contributed by atoms with van der Waals surface area (Å²) in [5, 5.41) is 9.16. The Morgan fingerprint density at radius 3 is 2.52 bits per heavy atom. The summed E-state index contributed by atoms with van der Waals surface area (Å²) >= 11 is 1.25. The van der Waals surface area contributed by atoms with E-state index in [1.165, 1.54) is 23.5 Å². The summed E-state index contributed by atoms with van der Waals surface area (Å²) in [5.41, 5.74) is 3.06. The normalized spacial score (nSPS) is 14.5. The first kappa shape index (κ1) is 30.5. The van der Waals surface area contributed by atoms with E-state index in [1.807, 2.05) is 55.5 Å². The standard InChI is InChI=1S/C34H32N2O7S/c1-4-9-26-29(33(40)42-5-2)30(24-11-8-12-25(18-24)41-3)36-31(37)28(44-34(36)35-26)19-23-10-6-7-13-27(23)43-20-21-14-16-22(17-15-21)32(38)39/h6-8,10-19,30H,4-5,9,20H2,1-3H3,(H,38,39)/b28-19-/t30-/m0/s1. The van der Waals surface area contributed by atoms with Crippen molar-refractivity contribution in [1.29, 1.82) is 0 Å². The van der Waals surface area contributed by atoms with Crippen LogP contribution in [-0.2, 0) is 16.1 Å². The summed E-state index contributed by atoms with van der Waals surface area (Å²) in [6, 6.07) is 20.4. The summed E-state index contributed by atoms with van der Waals surface area (Å²) < 4.78 is 19.0. The molecule has 0 bridgehead atoms. The largest absolute Gasteiger partial charge is 0.497 e. The van der Waals surface area contributed by atoms with Crippen LogP contribution in [-0.4, -0.2) is 35.3 Å². The molecule has 10 heteroatoms. The molecular formula is C34H32N2O7S. The highest BCUT2D eigenvalue weighted by molar-refractivity contribution is 7.07. The van der Waals surface area contributed by atoms with Gasteiger partial charge in [0, 0.05) is 5.56 Å². The van der Waals surface area contributed by atoms with Crippen molar-refractivity contribution >= 4 is 29.4 Å². The Bertz CT molecular complexity index is 1900. The van der Waals surface area contributed by atoms with Gasteiger partial charge in [0.05, 0.1) is 41.1 Å². The number of ether oxygens (including phenoxy) is 3. The number of aromatic carboxylic acids is 1. The second-order valence-electron chi connectivity index (χ2n) is 10.0. The van der Waals surface area contributed by atoms with Gasteiger partial charge in [0.25, 0.3) is 5.56 Å². The molecule has 0 saturated heterocycles. The molecule has 44 heavy (non-hydrogen) atoms. The van der Waals surface area contributed by atoms with E-state index in [0.29, 0.717) is 49.7 Å². The molecule has 1 aliphatic rings. The van der Waals surface area contributed by atoms with Gasteiger partial charge in [-0.05, 0) is 60.9 Å². The highest BCUT2D eigenvalue weighted by atomic mass is 32.1. The number of carbonyl (C=O) groups excluding carboxylic acids is 1. The van der Waals surface area contributed by atoms with Gasteiger partial charge in [0.2, 0.25) is 0 Å². The van der Waals surface area contributed by atoms with E-state index < -0.39 is 18.0 Å². The van der Waals surface area contributed by atoms with Crippen LogP contribution in [0.5, 0.6) is 11.5 Å². The molecule has 3 aromatic carbocycles. The van der Waals surface area contributed by atoms with E-state index in [4.69, 9.17) is 24.3 Å². The zero-order valence-corrected chi connectivity index (χ0v) is 25.4. The number of aromatic nitrogens is 1. The van der Waals surface area contributed by atoms with E-state index in [0.717, 1.165) is 12.0 Å². The van der Waals surface area contributed by atoms with Crippen molar-refractivity contribution in [2.45, 2.75) is 39.3 Å². The molecule has 2 heterocycles. The van der Waals surface area contributed by atoms with Crippen LogP contribution in [0.15, 0.2) is 93.9 Å². The van der Waals surface area contributed by atoms with Gasteiger partial charge in [-0.25, -0.2) is 14.6 Å². The number of methoxy groups -OCH3 is 1. The van der Waals surface area contributed by atoms with Gasteiger partial charge >= 0.3 is 11.9 Å². The quantitative estimate of drug-likeness (QED) is 0.241. The van der Waals surface area contributed by atoms with Gasteiger partial charge in [0.15, 0.2) is 4.80 Å². The van der Waals surface area contributed by atoms with Crippen molar-refractivity contribution < 1.29 is 28.9 Å². The first-order valence-corrected chi connectivity index (χ1v) is 15.1. The lowest BCUT2D eigenvalue weighted by Gasteiger charge is -2.26. The molecule has 0 spiro atoms. The summed E-state index contributed by atoms with van der Waals surface area (Å²) in [5.74, 6) is -0.333. The Morgan fingerprint density at radius 2 is 1.82 bits per heavy atom. The molecule has 1 aliphatic heterocycles. The lowest BCUT2D eigenvalue weighted by atomic mass is 9.94. The first-order chi connectivity index (χ1) is 21.3. The number of thiazole rings is 1. The Balaban J connectivity index is 1.60. The summed E-state index contributed by atoms with van der Waals surface area (Å²) in [4.78, 5) is 44.0. The van der Waals surface area contributed by atoms with Crippen molar-refractivity contribution in [3.05, 3.63) is 126 Å². The molecule has 0 aliphatic carbocycles. The van der Waals surface area contributed by atoms with Crippen molar-refractivity contribution in [3.8, 4) is 11.5 Å². The van der Waals surface area contributed by atoms with Crippen molar-refractivity contribution in [1.82, 2.24) is 4.57 Å². The predicted molar refractivity (Wildman–Crippen MR) is 167 cm³/mol. The van der Waals surface area contributed by atoms with Crippen molar-refractivity contribution in [3.63, 3.8) is 0 Å². The van der Waals surface area contributed by atoms with E-state index in [9.17, 15) is 14.4 Å². The molecule has 0 saturated carbocycles. The van der Waals surface area contributed by atoms with Crippen LogP contribution >= 0.6 is 11.3 Å². The highest BCUT2D eigenvalue weighted by Crippen LogP contribution is 2.34. The average Bonchev–Trinajstić information content (AvgIpc) is 3.34. The smallest absolute Gasteiger partial charge is 0.338 e. The summed E-state index contributed by atoms with van der Waals surface area (Å²) in [6.45, 7) is 4.17. The molecule has 1 atom stereocenters. The molecule has 0 fully saturated rings. The number of hydrogen-bond donors (Lipinski definition) is 1. The monoisotopic (exact) mass is 612 g/mol. The second kappa shape index (κ2) is 13.6. The minimum Gasteiger partial charge on any atom is -0.497 e. The lowest BCUT2D eigenvalue weighted by molar-refractivity contribution is -0.139. The van der Waals surface area contributed by atoms with Crippen LogP contribution in [0.2, 0.25) is 0 Å². The first-order valence-electron chi connectivity index (χ1n) is 14.2. The number of benzene rings is 3. The van der Waals surface area contributed by atoms with Crippen LogP contribution in [0.3, 0.4) is 0 Å². The maximum absolute atomic E-state index is 14.1. The third-order valence-electron chi connectivity index (χ3n) is 7.10. The van der Waals surface area contributed by atoms with Crippen LogP contribution in [0.1, 0.15) is 59.8 Å². The predicted octanol–water partition coefficient (Wildman–Crippen LogP) is 4.86. The van der Waals surface area contributed by atoms with E-state index in [2.05, 4.69) is 0 Å². The van der Waals surface area contributed by atoms with Gasteiger partial charge in [-0.15, -0.1) is 0 Å². The molecule has 0 unspecified atom stereocenters. The van der Waals surface area contributed by atoms with Gasteiger partial charge in [-0.2, -0.15) is 0 Å². The lowest BCUT2D eigenvalue weighted by Crippen LogP contribution is -2.40. The molecule has 0 amide bonds. The minimum atomic E-state index is -0.992. The zero-order valence-electron chi connectivity index (χ0n) is 24.6. The third-order valence-corrected chi connectivity index (χ3v) is 8.09. The SMILES string of the molecule is CCCC1=C(C(=O)OCC)[C@H](c2cccc(OC)c2)n2c(s/c(=C\c3ccccc3OCc3ccc(C(=O)O)cc3)c2=O)=N1. The fourth-order valence-electron chi connectivity index (χ4n) is 5.03. The topological polar surface area (TPSA) is 116 Å². The Morgan fingerprint density at radius 1 is 1.05 bits per heavy atom.